The molecule has 1 amide bonds. The Kier molecular flexibility index (Phi) is 6.53. The molecule has 1 atom stereocenters. The maximum absolute atomic E-state index is 14.6. The Hall–Kier alpha value is -2.45. The summed E-state index contributed by atoms with van der Waals surface area (Å²) in [5.41, 5.74) is 1.80. The van der Waals surface area contributed by atoms with Crippen molar-refractivity contribution in [3.63, 3.8) is 0 Å². The molecule has 2 saturated heterocycles. The molecule has 2 aromatic rings. The number of carbonyl (C=O) groups is 1. The molecular formula is C24H30FN3O3S. The highest BCUT2D eigenvalue weighted by atomic mass is 32.2. The minimum absolute atomic E-state index is 0.0653. The van der Waals surface area contributed by atoms with Gasteiger partial charge in [-0.2, -0.15) is 4.31 Å². The standard InChI is InChI=1S/C24H30FN3O3S/c1-17-8-10-20(32(30,31)28-14-4-3-7-18(28)2)16-21(17)24(29)26-19-9-11-23(22(25)15-19)27-12-5-6-13-27/h8-11,15-16,18H,3-7,12-14H2,1-2H3,(H,26,29). The van der Waals surface area contributed by atoms with Crippen LogP contribution in [0.25, 0.3) is 0 Å². The Morgan fingerprint density at radius 1 is 1.03 bits per heavy atom. The third kappa shape index (κ3) is 4.52. The maximum atomic E-state index is 14.6. The molecular weight excluding hydrogens is 429 g/mol. The Balaban J connectivity index is 1.56. The number of rotatable bonds is 5. The van der Waals surface area contributed by atoms with E-state index in [1.165, 1.54) is 16.4 Å². The Labute approximate surface area is 189 Å². The van der Waals surface area contributed by atoms with E-state index in [0.717, 1.165) is 45.2 Å². The van der Waals surface area contributed by atoms with Gasteiger partial charge in [-0.25, -0.2) is 12.8 Å². The quantitative estimate of drug-likeness (QED) is 0.712. The van der Waals surface area contributed by atoms with Crippen LogP contribution in [0.1, 0.15) is 54.9 Å². The zero-order valence-electron chi connectivity index (χ0n) is 18.6. The van der Waals surface area contributed by atoms with Crippen LogP contribution in [-0.2, 0) is 10.0 Å². The molecule has 0 spiro atoms. The zero-order chi connectivity index (χ0) is 22.9. The van der Waals surface area contributed by atoms with E-state index in [2.05, 4.69) is 5.32 Å². The van der Waals surface area contributed by atoms with Gasteiger partial charge in [0.25, 0.3) is 5.91 Å². The molecule has 2 fully saturated rings. The SMILES string of the molecule is Cc1ccc(S(=O)(=O)N2CCCCC2C)cc1C(=O)Nc1ccc(N2CCCC2)c(F)c1. The highest BCUT2D eigenvalue weighted by molar-refractivity contribution is 7.89. The van der Waals surface area contributed by atoms with E-state index in [1.54, 1.807) is 31.2 Å². The normalized spacial score (nSPS) is 19.8. The van der Waals surface area contributed by atoms with Crippen molar-refractivity contribution in [2.45, 2.75) is 56.9 Å². The van der Waals surface area contributed by atoms with Gasteiger partial charge in [-0.15, -0.1) is 0 Å². The van der Waals surface area contributed by atoms with E-state index in [4.69, 9.17) is 0 Å². The first kappa shape index (κ1) is 22.7. The molecule has 0 radical (unpaired) electrons. The van der Waals surface area contributed by atoms with Crippen LogP contribution in [-0.4, -0.2) is 44.3 Å². The third-order valence-electron chi connectivity index (χ3n) is 6.45. The van der Waals surface area contributed by atoms with Crippen LogP contribution in [0.2, 0.25) is 0 Å². The van der Waals surface area contributed by atoms with Crippen LogP contribution in [0, 0.1) is 12.7 Å². The zero-order valence-corrected chi connectivity index (χ0v) is 19.4. The number of anilines is 2. The molecule has 6 nitrogen and oxygen atoms in total. The lowest BCUT2D eigenvalue weighted by molar-refractivity contribution is 0.102. The Bertz CT molecular complexity index is 1110. The highest BCUT2D eigenvalue weighted by Crippen LogP contribution is 2.28. The Morgan fingerprint density at radius 3 is 2.44 bits per heavy atom. The van der Waals surface area contributed by atoms with Gasteiger partial charge < -0.3 is 10.2 Å². The summed E-state index contributed by atoms with van der Waals surface area (Å²) in [6.45, 7) is 5.82. The molecule has 32 heavy (non-hydrogen) atoms. The van der Waals surface area contributed by atoms with Crippen LogP contribution in [0.3, 0.4) is 0 Å². The van der Waals surface area contributed by atoms with Crippen molar-refractivity contribution < 1.29 is 17.6 Å². The van der Waals surface area contributed by atoms with E-state index < -0.39 is 15.9 Å². The summed E-state index contributed by atoms with van der Waals surface area (Å²) in [4.78, 5) is 15.1. The number of nitrogens with zero attached hydrogens (tertiary/aromatic N) is 2. The summed E-state index contributed by atoms with van der Waals surface area (Å²) in [6.07, 6.45) is 4.78. The van der Waals surface area contributed by atoms with Crippen molar-refractivity contribution in [3.8, 4) is 0 Å². The number of amides is 1. The lowest BCUT2D eigenvalue weighted by Crippen LogP contribution is -2.42. The average Bonchev–Trinajstić information content (AvgIpc) is 3.28. The lowest BCUT2D eigenvalue weighted by Gasteiger charge is -2.32. The second-order valence-corrected chi connectivity index (χ2v) is 10.6. The van der Waals surface area contributed by atoms with Gasteiger partial charge in [-0.05, 0) is 75.4 Å². The fraction of sp³-hybridized carbons (Fsp3) is 0.458. The summed E-state index contributed by atoms with van der Waals surface area (Å²) < 4.78 is 42.5. The predicted molar refractivity (Wildman–Crippen MR) is 124 cm³/mol. The average molecular weight is 460 g/mol. The lowest BCUT2D eigenvalue weighted by atomic mass is 10.1. The van der Waals surface area contributed by atoms with Crippen molar-refractivity contribution >= 4 is 27.3 Å². The van der Waals surface area contributed by atoms with Crippen molar-refractivity contribution in [1.29, 1.82) is 0 Å². The summed E-state index contributed by atoms with van der Waals surface area (Å²) in [5.74, 6) is -0.837. The topological polar surface area (TPSA) is 69.7 Å². The Morgan fingerprint density at radius 2 is 1.75 bits per heavy atom. The summed E-state index contributed by atoms with van der Waals surface area (Å²) in [6, 6.07) is 9.24. The highest BCUT2D eigenvalue weighted by Gasteiger charge is 2.31. The van der Waals surface area contributed by atoms with Crippen molar-refractivity contribution in [2.24, 2.45) is 0 Å². The van der Waals surface area contributed by atoms with E-state index in [0.29, 0.717) is 23.5 Å². The van der Waals surface area contributed by atoms with Crippen molar-refractivity contribution in [1.82, 2.24) is 4.31 Å². The fourth-order valence-corrected chi connectivity index (χ4v) is 6.29. The molecule has 172 valence electrons. The summed E-state index contributed by atoms with van der Waals surface area (Å²) in [7, 11) is -3.69. The number of hydrogen-bond acceptors (Lipinski definition) is 4. The first-order chi connectivity index (χ1) is 15.3. The van der Waals surface area contributed by atoms with Gasteiger partial charge in [0.15, 0.2) is 0 Å². The number of sulfonamides is 1. The van der Waals surface area contributed by atoms with Gasteiger partial charge >= 0.3 is 0 Å². The number of piperidine rings is 1. The molecule has 2 aliphatic heterocycles. The van der Waals surface area contributed by atoms with Gasteiger partial charge in [0, 0.05) is 36.9 Å². The summed E-state index contributed by atoms with van der Waals surface area (Å²) >= 11 is 0. The first-order valence-corrected chi connectivity index (χ1v) is 12.7. The number of halogens is 1. The smallest absolute Gasteiger partial charge is 0.255 e. The van der Waals surface area contributed by atoms with Gasteiger partial charge in [-0.3, -0.25) is 4.79 Å². The largest absolute Gasteiger partial charge is 0.369 e. The van der Waals surface area contributed by atoms with E-state index in [9.17, 15) is 17.6 Å². The number of benzene rings is 2. The third-order valence-corrected chi connectivity index (χ3v) is 8.46. The first-order valence-electron chi connectivity index (χ1n) is 11.3. The summed E-state index contributed by atoms with van der Waals surface area (Å²) in [5, 5.41) is 2.72. The monoisotopic (exact) mass is 459 g/mol. The van der Waals surface area contributed by atoms with Crippen molar-refractivity contribution in [2.75, 3.05) is 29.9 Å². The number of carbonyl (C=O) groups excluding carboxylic acids is 1. The minimum Gasteiger partial charge on any atom is -0.369 e. The number of nitrogens with one attached hydrogen (secondary N) is 1. The van der Waals surface area contributed by atoms with Crippen LogP contribution in [0.4, 0.5) is 15.8 Å². The van der Waals surface area contributed by atoms with Gasteiger partial charge in [0.05, 0.1) is 10.6 Å². The van der Waals surface area contributed by atoms with Gasteiger partial charge in [0.1, 0.15) is 5.82 Å². The molecule has 4 rings (SSSR count). The minimum atomic E-state index is -3.69. The molecule has 0 bridgehead atoms. The predicted octanol–water partition coefficient (Wildman–Crippen LogP) is 4.55. The molecule has 2 aliphatic rings. The second kappa shape index (κ2) is 9.19. The van der Waals surface area contributed by atoms with E-state index in [-0.39, 0.29) is 22.3 Å². The molecule has 1 N–H and O–H groups in total. The van der Waals surface area contributed by atoms with Crippen LogP contribution in [0.5, 0.6) is 0 Å². The van der Waals surface area contributed by atoms with Crippen LogP contribution >= 0.6 is 0 Å². The molecule has 8 heteroatoms. The maximum Gasteiger partial charge on any atom is 0.255 e. The number of aryl methyl sites for hydroxylation is 1. The van der Waals surface area contributed by atoms with E-state index in [1.807, 2.05) is 11.8 Å². The fourth-order valence-electron chi connectivity index (χ4n) is 4.57. The number of hydrogen-bond donors (Lipinski definition) is 1. The second-order valence-electron chi connectivity index (χ2n) is 8.75. The van der Waals surface area contributed by atoms with E-state index >= 15 is 0 Å². The van der Waals surface area contributed by atoms with Crippen LogP contribution in [0.15, 0.2) is 41.3 Å². The van der Waals surface area contributed by atoms with Crippen LogP contribution < -0.4 is 10.2 Å². The van der Waals surface area contributed by atoms with Gasteiger partial charge in [0.2, 0.25) is 10.0 Å². The van der Waals surface area contributed by atoms with Gasteiger partial charge in [-0.1, -0.05) is 12.5 Å². The molecule has 0 aromatic heterocycles. The molecule has 0 aliphatic carbocycles. The molecule has 0 saturated carbocycles. The molecule has 2 aromatic carbocycles. The molecule has 2 heterocycles. The van der Waals surface area contributed by atoms with Crippen molar-refractivity contribution in [3.05, 3.63) is 53.3 Å². The molecule has 1 unspecified atom stereocenters.